The third kappa shape index (κ3) is 39.6. The molecular formula is C79H139NO18. The van der Waals surface area contributed by atoms with Crippen molar-refractivity contribution in [2.75, 3.05) is 26.4 Å². The fourth-order valence-corrected chi connectivity index (χ4v) is 12.7. The molecule has 3 saturated heterocycles. The molecular weight excluding hydrogens is 1250 g/mol. The van der Waals surface area contributed by atoms with Gasteiger partial charge in [-0.25, -0.2) is 0 Å². The minimum Gasteiger partial charge on any atom is -0.394 e. The fourth-order valence-electron chi connectivity index (χ4n) is 12.7. The predicted molar refractivity (Wildman–Crippen MR) is 388 cm³/mol. The van der Waals surface area contributed by atoms with Gasteiger partial charge in [-0.05, 0) is 70.6 Å². The van der Waals surface area contributed by atoms with Gasteiger partial charge in [-0.15, -0.1) is 0 Å². The maximum atomic E-state index is 13.5. The molecule has 3 aliphatic heterocycles. The number of carbonyl (C=O) groups excluding carboxylic acids is 1. The van der Waals surface area contributed by atoms with Gasteiger partial charge in [-0.3, -0.25) is 4.79 Å². The topological polar surface area (TPSA) is 307 Å². The maximum Gasteiger partial charge on any atom is 0.220 e. The smallest absolute Gasteiger partial charge is 0.220 e. The Bertz CT molecular complexity index is 2100. The van der Waals surface area contributed by atoms with Crippen LogP contribution in [0.15, 0.2) is 85.1 Å². The standard InChI is InChI=1S/C79H139NO18/c1-3-5-7-9-11-13-15-17-19-21-23-25-27-29-30-31-33-34-36-38-40-42-44-46-48-50-52-54-56-63(84)62(80-67(85)57-55-53-51-49-47-45-43-41-39-37-35-32-28-26-24-22-20-18-16-14-12-10-8-6-4-2)61-93-77-73(91)70(88)75(65(59-82)95-77)98-79-74(92)71(89)76(66(60-83)96-79)97-78-72(90)69(87)68(86)64(58-81)94-78/h6,8,12,14,18,20,24,26,32,35,39,41,54,56,62-66,68-79,81-84,86-92H,3-5,7,9-11,13,15-17,19,21-23,25,27-31,33-34,36-38,40,42-53,55,57-61H2,1-2H3,(H,80,85)/b8-6-,14-12-,20-18-,26-24-,35-32-,41-39-,56-54+. The third-order valence-electron chi connectivity index (χ3n) is 18.9. The normalized spacial score (nSPS) is 27.2. The molecule has 3 heterocycles. The second kappa shape index (κ2) is 59.4. The monoisotopic (exact) mass is 1390 g/mol. The molecule has 0 aliphatic carbocycles. The zero-order valence-corrected chi connectivity index (χ0v) is 60.5. The first-order chi connectivity index (χ1) is 47.8. The molecule has 12 N–H and O–H groups in total. The molecule has 0 aromatic heterocycles. The molecule has 0 bridgehead atoms. The third-order valence-corrected chi connectivity index (χ3v) is 18.9. The highest BCUT2D eigenvalue weighted by atomic mass is 16.8. The Kier molecular flexibility index (Phi) is 54.0. The van der Waals surface area contributed by atoms with Crippen LogP contribution in [0.2, 0.25) is 0 Å². The van der Waals surface area contributed by atoms with Gasteiger partial charge in [0, 0.05) is 6.42 Å². The first kappa shape index (κ1) is 89.2. The summed E-state index contributed by atoms with van der Waals surface area (Å²) in [6.45, 7) is 1.63. The molecule has 0 saturated carbocycles. The minimum absolute atomic E-state index is 0.222. The van der Waals surface area contributed by atoms with Crippen LogP contribution in [0.25, 0.3) is 0 Å². The van der Waals surface area contributed by atoms with E-state index in [0.29, 0.717) is 6.42 Å². The van der Waals surface area contributed by atoms with E-state index in [4.69, 9.17) is 28.4 Å². The Morgan fingerprint density at radius 2 is 0.704 bits per heavy atom. The van der Waals surface area contributed by atoms with Gasteiger partial charge in [0.1, 0.15) is 73.2 Å². The largest absolute Gasteiger partial charge is 0.394 e. The Balaban J connectivity index is 1.41. The van der Waals surface area contributed by atoms with Crippen LogP contribution >= 0.6 is 0 Å². The molecule has 17 unspecified atom stereocenters. The highest BCUT2D eigenvalue weighted by molar-refractivity contribution is 5.76. The van der Waals surface area contributed by atoms with E-state index in [0.717, 1.165) is 103 Å². The van der Waals surface area contributed by atoms with Gasteiger partial charge in [-0.1, -0.05) is 285 Å². The Labute approximate surface area is 590 Å². The van der Waals surface area contributed by atoms with Crippen LogP contribution in [0.4, 0.5) is 0 Å². The highest BCUT2D eigenvalue weighted by Gasteiger charge is 2.53. The van der Waals surface area contributed by atoms with Crippen molar-refractivity contribution in [1.29, 1.82) is 0 Å². The molecule has 3 rings (SSSR count). The Morgan fingerprint density at radius 1 is 0.378 bits per heavy atom. The van der Waals surface area contributed by atoms with Crippen molar-refractivity contribution in [2.24, 2.45) is 0 Å². The quantitative estimate of drug-likeness (QED) is 0.0199. The lowest BCUT2D eigenvalue weighted by molar-refractivity contribution is -0.379. The molecule has 19 nitrogen and oxygen atoms in total. The number of rotatable bonds is 60. The van der Waals surface area contributed by atoms with Gasteiger partial charge in [0.15, 0.2) is 18.9 Å². The summed E-state index contributed by atoms with van der Waals surface area (Å²) in [6, 6.07) is -0.989. The van der Waals surface area contributed by atoms with E-state index in [1.165, 1.54) is 148 Å². The van der Waals surface area contributed by atoms with E-state index in [-0.39, 0.29) is 18.9 Å². The molecule has 19 heteroatoms. The fraction of sp³-hybridized carbons (Fsp3) is 0.810. The predicted octanol–water partition coefficient (Wildman–Crippen LogP) is 12.2. The average molecular weight is 1390 g/mol. The van der Waals surface area contributed by atoms with Crippen molar-refractivity contribution in [3.63, 3.8) is 0 Å². The van der Waals surface area contributed by atoms with Crippen molar-refractivity contribution >= 4 is 5.91 Å². The van der Waals surface area contributed by atoms with Gasteiger partial charge in [0.2, 0.25) is 5.91 Å². The van der Waals surface area contributed by atoms with Crippen molar-refractivity contribution in [1.82, 2.24) is 5.32 Å². The number of nitrogens with one attached hydrogen (secondary N) is 1. The van der Waals surface area contributed by atoms with Crippen LogP contribution in [0.3, 0.4) is 0 Å². The summed E-state index contributed by atoms with van der Waals surface area (Å²) in [6.07, 6.45) is 51.3. The molecule has 98 heavy (non-hydrogen) atoms. The lowest BCUT2D eigenvalue weighted by atomic mass is 9.96. The summed E-state index contributed by atoms with van der Waals surface area (Å²) in [5, 5.41) is 121. The van der Waals surface area contributed by atoms with Crippen LogP contribution < -0.4 is 5.32 Å². The Hall–Kier alpha value is -3.03. The maximum absolute atomic E-state index is 13.5. The van der Waals surface area contributed by atoms with Gasteiger partial charge < -0.3 is 89.9 Å². The van der Waals surface area contributed by atoms with E-state index < -0.39 is 124 Å². The van der Waals surface area contributed by atoms with E-state index in [2.05, 4.69) is 92.1 Å². The zero-order chi connectivity index (χ0) is 71.1. The van der Waals surface area contributed by atoms with E-state index in [9.17, 15) is 61.0 Å². The highest BCUT2D eigenvalue weighted by Crippen LogP contribution is 2.33. The van der Waals surface area contributed by atoms with Gasteiger partial charge >= 0.3 is 0 Å². The van der Waals surface area contributed by atoms with E-state index in [1.807, 2.05) is 6.08 Å². The van der Waals surface area contributed by atoms with E-state index in [1.54, 1.807) is 6.08 Å². The molecule has 0 radical (unpaired) electrons. The van der Waals surface area contributed by atoms with Gasteiger partial charge in [-0.2, -0.15) is 0 Å². The zero-order valence-electron chi connectivity index (χ0n) is 60.5. The summed E-state index contributed by atoms with van der Waals surface area (Å²) in [4.78, 5) is 13.5. The number of unbranched alkanes of at least 4 members (excludes halogenated alkanes) is 32. The number of hydrogen-bond donors (Lipinski definition) is 12. The molecule has 17 atom stereocenters. The first-order valence-electron chi connectivity index (χ1n) is 38.8. The number of amides is 1. The summed E-state index contributed by atoms with van der Waals surface area (Å²) < 4.78 is 34.4. The molecule has 568 valence electrons. The first-order valence-corrected chi connectivity index (χ1v) is 38.8. The molecule has 0 spiro atoms. The summed E-state index contributed by atoms with van der Waals surface area (Å²) in [5.41, 5.74) is 0. The van der Waals surface area contributed by atoms with Crippen LogP contribution in [0.1, 0.15) is 277 Å². The number of carbonyl (C=O) groups is 1. The summed E-state index contributed by atoms with van der Waals surface area (Å²) >= 11 is 0. The second-order valence-electron chi connectivity index (χ2n) is 27.4. The lowest BCUT2D eigenvalue weighted by Crippen LogP contribution is -2.66. The molecule has 1 amide bonds. The molecule has 0 aromatic carbocycles. The minimum atomic E-state index is -1.98. The Morgan fingerprint density at radius 3 is 1.10 bits per heavy atom. The van der Waals surface area contributed by atoms with Crippen LogP contribution in [-0.4, -0.2) is 193 Å². The lowest BCUT2D eigenvalue weighted by Gasteiger charge is -2.48. The van der Waals surface area contributed by atoms with Gasteiger partial charge in [0.05, 0.1) is 38.6 Å². The number of allylic oxidation sites excluding steroid dienone is 13. The van der Waals surface area contributed by atoms with Crippen molar-refractivity contribution in [3.05, 3.63) is 85.1 Å². The van der Waals surface area contributed by atoms with Crippen molar-refractivity contribution < 1.29 is 89.4 Å². The van der Waals surface area contributed by atoms with Gasteiger partial charge in [0.25, 0.3) is 0 Å². The summed E-state index contributed by atoms with van der Waals surface area (Å²) in [5.74, 6) is -0.291. The number of aliphatic hydroxyl groups excluding tert-OH is 11. The van der Waals surface area contributed by atoms with Crippen LogP contribution in [0, 0.1) is 0 Å². The number of hydrogen-bond acceptors (Lipinski definition) is 18. The molecule has 0 aromatic rings. The second-order valence-corrected chi connectivity index (χ2v) is 27.4. The van der Waals surface area contributed by atoms with E-state index >= 15 is 0 Å². The van der Waals surface area contributed by atoms with Crippen molar-refractivity contribution in [2.45, 2.75) is 381 Å². The SMILES string of the molecule is CC/C=C\C/C=C\C/C=C\C/C=C\C/C=C\C/C=C\CCCCCCCCC(=O)NC(COC1OC(CO)C(OC2OC(CO)C(OC3OC(CO)C(O)C(O)C3O)C(O)C2O)C(O)C1O)C(O)/C=C/CCCCCCCCCCCCCCCCCCCCCCCCCCCC. The summed E-state index contributed by atoms with van der Waals surface area (Å²) in [7, 11) is 0. The number of aliphatic hydroxyl groups is 11. The molecule has 3 fully saturated rings. The van der Waals surface area contributed by atoms with Crippen LogP contribution in [0.5, 0.6) is 0 Å². The average Bonchev–Trinajstić information content (AvgIpc) is 0.784. The van der Waals surface area contributed by atoms with Crippen molar-refractivity contribution in [3.8, 4) is 0 Å². The number of ether oxygens (including phenoxy) is 6. The molecule has 3 aliphatic rings. The van der Waals surface area contributed by atoms with Crippen LogP contribution in [-0.2, 0) is 33.2 Å².